The molecule has 0 saturated heterocycles. The molecular formula is C2F2O2S2. The van der Waals surface area contributed by atoms with Crippen LogP contribution in [-0.2, 0) is 0 Å². The van der Waals surface area contributed by atoms with E-state index in [1.54, 1.807) is 0 Å². The molecule has 0 bridgehead atoms. The summed E-state index contributed by atoms with van der Waals surface area (Å²) in [5.41, 5.74) is 0. The molecule has 0 aromatic carbocycles. The van der Waals surface area contributed by atoms with E-state index < -0.39 is 10.7 Å². The van der Waals surface area contributed by atoms with Crippen molar-refractivity contribution in [2.24, 2.45) is 0 Å². The third kappa shape index (κ3) is 5.90. The predicted octanol–water partition coefficient (Wildman–Crippen LogP) is 2.55. The third-order valence-corrected chi connectivity index (χ3v) is 1.55. The van der Waals surface area contributed by atoms with Crippen molar-refractivity contribution in [2.45, 2.75) is 0 Å². The lowest BCUT2D eigenvalue weighted by atomic mass is 11.7. The minimum absolute atomic E-state index is 0.0741. The molecule has 0 N–H and O–H groups in total. The number of hydrogen-bond acceptors (Lipinski definition) is 4. The van der Waals surface area contributed by atoms with E-state index in [-0.39, 0.29) is 21.6 Å². The number of carbonyl (C=O) groups excluding carboxylic acids is 2. The molecule has 0 aromatic heterocycles. The SMILES string of the molecule is O=C(F)SSC(=O)F. The van der Waals surface area contributed by atoms with Gasteiger partial charge in [0.2, 0.25) is 0 Å². The Morgan fingerprint density at radius 1 is 1.00 bits per heavy atom. The van der Waals surface area contributed by atoms with E-state index in [1.807, 2.05) is 0 Å². The number of carbonyl (C=O) groups is 2. The zero-order valence-corrected chi connectivity index (χ0v) is 5.02. The Morgan fingerprint density at radius 3 is 1.38 bits per heavy atom. The molecule has 0 saturated carbocycles. The molecule has 0 unspecified atom stereocenters. The molecule has 0 rings (SSSR count). The van der Waals surface area contributed by atoms with Crippen LogP contribution in [0.2, 0.25) is 0 Å². The number of halogens is 2. The summed E-state index contributed by atoms with van der Waals surface area (Å²) in [6, 6.07) is 0. The maximum absolute atomic E-state index is 11.0. The van der Waals surface area contributed by atoms with Crippen LogP contribution in [0.4, 0.5) is 18.4 Å². The van der Waals surface area contributed by atoms with Crippen LogP contribution >= 0.6 is 21.6 Å². The van der Waals surface area contributed by atoms with Gasteiger partial charge in [-0.3, -0.25) is 0 Å². The van der Waals surface area contributed by atoms with Crippen molar-refractivity contribution in [3.05, 3.63) is 0 Å². The van der Waals surface area contributed by atoms with E-state index in [1.165, 1.54) is 0 Å². The van der Waals surface area contributed by atoms with Crippen LogP contribution in [0.5, 0.6) is 0 Å². The van der Waals surface area contributed by atoms with Crippen LogP contribution in [0, 0.1) is 0 Å². The van der Waals surface area contributed by atoms with Crippen molar-refractivity contribution in [1.29, 1.82) is 0 Å². The molecule has 0 heterocycles. The zero-order chi connectivity index (χ0) is 6.57. The van der Waals surface area contributed by atoms with Gasteiger partial charge >= 0.3 is 10.7 Å². The quantitative estimate of drug-likeness (QED) is 0.400. The van der Waals surface area contributed by atoms with E-state index in [9.17, 15) is 18.4 Å². The largest absolute Gasteiger partial charge is 0.370 e. The lowest BCUT2D eigenvalue weighted by Gasteiger charge is -1.79. The first kappa shape index (κ1) is 7.90. The van der Waals surface area contributed by atoms with Crippen molar-refractivity contribution in [1.82, 2.24) is 0 Å². The van der Waals surface area contributed by atoms with E-state index in [0.29, 0.717) is 0 Å². The van der Waals surface area contributed by atoms with Gasteiger partial charge in [-0.1, -0.05) is 0 Å². The highest BCUT2D eigenvalue weighted by Crippen LogP contribution is 2.24. The highest BCUT2D eigenvalue weighted by atomic mass is 33.1. The average Bonchev–Trinajstić information content (AvgIpc) is 1.61. The van der Waals surface area contributed by atoms with Crippen molar-refractivity contribution in [3.8, 4) is 0 Å². The molecule has 0 aromatic rings. The van der Waals surface area contributed by atoms with Crippen LogP contribution in [0.1, 0.15) is 0 Å². The van der Waals surface area contributed by atoms with Gasteiger partial charge in [-0.25, -0.2) is 9.59 Å². The summed E-state index contributed by atoms with van der Waals surface area (Å²) in [5, 5.41) is -3.55. The summed E-state index contributed by atoms with van der Waals surface area (Å²) in [5.74, 6) is 0. The highest BCUT2D eigenvalue weighted by molar-refractivity contribution is 8.86. The van der Waals surface area contributed by atoms with Crippen LogP contribution in [0.25, 0.3) is 0 Å². The molecule has 0 aliphatic carbocycles. The number of hydrogen-bond donors (Lipinski definition) is 0. The highest BCUT2D eigenvalue weighted by Gasteiger charge is 2.04. The van der Waals surface area contributed by atoms with Gasteiger partial charge in [-0.15, -0.1) is 0 Å². The Hall–Kier alpha value is -0.100. The van der Waals surface area contributed by atoms with Gasteiger partial charge in [-0.2, -0.15) is 8.78 Å². The summed E-state index contributed by atoms with van der Waals surface area (Å²) in [4.78, 5) is 18.6. The maximum atomic E-state index is 11.0. The molecule has 0 spiro atoms. The minimum Gasteiger partial charge on any atom is -0.247 e. The van der Waals surface area contributed by atoms with Crippen molar-refractivity contribution in [2.75, 3.05) is 0 Å². The molecule has 46 valence electrons. The normalized spacial score (nSPS) is 8.75. The van der Waals surface area contributed by atoms with Crippen molar-refractivity contribution >= 4 is 32.3 Å². The minimum atomic E-state index is -1.78. The fourth-order valence-electron chi connectivity index (χ4n) is 0.0655. The fourth-order valence-corrected chi connectivity index (χ4v) is 0.590. The Labute approximate surface area is 51.4 Å². The van der Waals surface area contributed by atoms with Gasteiger partial charge in [0, 0.05) is 21.6 Å². The molecule has 0 aliphatic rings. The summed E-state index contributed by atoms with van der Waals surface area (Å²) < 4.78 is 22.1. The molecule has 2 nitrogen and oxygen atoms in total. The van der Waals surface area contributed by atoms with Crippen molar-refractivity contribution < 1.29 is 18.4 Å². The smallest absolute Gasteiger partial charge is 0.247 e. The standard InChI is InChI=1S/C2F2O2S2/c3-1(5)7-8-2(4)6. The molecular weight excluding hydrogens is 158 g/mol. The molecule has 0 radical (unpaired) electrons. The Bertz CT molecular complexity index is 101. The summed E-state index contributed by atoms with van der Waals surface area (Å²) in [6.07, 6.45) is 0. The Morgan fingerprint density at radius 2 is 1.25 bits per heavy atom. The molecule has 8 heavy (non-hydrogen) atoms. The average molecular weight is 158 g/mol. The van der Waals surface area contributed by atoms with Crippen molar-refractivity contribution in [3.63, 3.8) is 0 Å². The van der Waals surface area contributed by atoms with E-state index >= 15 is 0 Å². The zero-order valence-electron chi connectivity index (χ0n) is 3.39. The van der Waals surface area contributed by atoms with Crippen LogP contribution < -0.4 is 0 Å². The molecule has 0 aliphatic heterocycles. The van der Waals surface area contributed by atoms with Gasteiger partial charge in [0.15, 0.2) is 0 Å². The van der Waals surface area contributed by atoms with Gasteiger partial charge in [0.05, 0.1) is 0 Å². The fraction of sp³-hybridized carbons (Fsp3) is 0. The van der Waals surface area contributed by atoms with Gasteiger partial charge in [0.25, 0.3) is 0 Å². The third-order valence-electron chi connectivity index (χ3n) is 0.173. The Kier molecular flexibility index (Phi) is 3.80. The second-order valence-electron chi connectivity index (χ2n) is 0.642. The van der Waals surface area contributed by atoms with Gasteiger partial charge < -0.3 is 0 Å². The summed E-state index contributed by atoms with van der Waals surface area (Å²) in [7, 11) is -0.148. The lowest BCUT2D eigenvalue weighted by Crippen LogP contribution is -1.71. The monoisotopic (exact) mass is 158 g/mol. The summed E-state index contributed by atoms with van der Waals surface area (Å²) in [6.45, 7) is 0. The molecule has 6 heteroatoms. The first-order valence-electron chi connectivity index (χ1n) is 1.36. The second-order valence-corrected chi connectivity index (χ2v) is 2.62. The van der Waals surface area contributed by atoms with Gasteiger partial charge in [0.1, 0.15) is 0 Å². The first-order chi connectivity index (χ1) is 3.63. The maximum Gasteiger partial charge on any atom is 0.370 e. The molecule has 0 amide bonds. The molecule has 0 atom stereocenters. The summed E-state index contributed by atoms with van der Waals surface area (Å²) >= 11 is 0. The lowest BCUT2D eigenvalue weighted by molar-refractivity contribution is 0.243. The van der Waals surface area contributed by atoms with Crippen LogP contribution in [-0.4, -0.2) is 10.7 Å². The topological polar surface area (TPSA) is 34.1 Å². The second kappa shape index (κ2) is 3.85. The number of rotatable bonds is 0. The van der Waals surface area contributed by atoms with E-state index in [4.69, 9.17) is 0 Å². The predicted molar refractivity (Wildman–Crippen MR) is 28.2 cm³/mol. The Balaban J connectivity index is 3.18. The van der Waals surface area contributed by atoms with Gasteiger partial charge in [-0.05, 0) is 0 Å². The van der Waals surface area contributed by atoms with Crippen LogP contribution in [0.15, 0.2) is 0 Å². The van der Waals surface area contributed by atoms with E-state index in [2.05, 4.69) is 0 Å². The first-order valence-corrected chi connectivity index (χ1v) is 3.51. The van der Waals surface area contributed by atoms with E-state index in [0.717, 1.165) is 0 Å². The molecule has 0 fully saturated rings. The van der Waals surface area contributed by atoms with Crippen LogP contribution in [0.3, 0.4) is 0 Å².